The number of benzene rings is 2. The van der Waals surface area contributed by atoms with Crippen LogP contribution in [0.5, 0.6) is 0 Å². The summed E-state index contributed by atoms with van der Waals surface area (Å²) in [5.74, 6) is 0. The molecule has 138 valence electrons. The molecular formula is C19H18N4O2S2. The van der Waals surface area contributed by atoms with Gasteiger partial charge in [-0.1, -0.05) is 42.5 Å². The summed E-state index contributed by atoms with van der Waals surface area (Å²) in [4.78, 5) is 13.1. The van der Waals surface area contributed by atoms with Gasteiger partial charge in [-0.25, -0.2) is 0 Å². The van der Waals surface area contributed by atoms with Gasteiger partial charge < -0.3 is 15.5 Å². The molecule has 0 spiro atoms. The number of hydrogen-bond donors (Lipinski definition) is 2. The van der Waals surface area contributed by atoms with Crippen molar-refractivity contribution in [1.82, 2.24) is 10.2 Å². The van der Waals surface area contributed by atoms with E-state index in [1.165, 1.54) is 6.07 Å². The van der Waals surface area contributed by atoms with Crippen LogP contribution in [0, 0.1) is 10.1 Å². The fraction of sp³-hybridized carbons (Fsp3) is 0.158. The smallest absolute Gasteiger partial charge is 0.269 e. The molecule has 0 aliphatic carbocycles. The first kappa shape index (κ1) is 18.9. The second kappa shape index (κ2) is 7.81. The van der Waals surface area contributed by atoms with Gasteiger partial charge in [0, 0.05) is 36.1 Å². The summed E-state index contributed by atoms with van der Waals surface area (Å²) in [5.41, 5.74) is 3.34. The molecular weight excluding hydrogens is 380 g/mol. The van der Waals surface area contributed by atoms with E-state index in [4.69, 9.17) is 24.4 Å². The van der Waals surface area contributed by atoms with E-state index in [-0.39, 0.29) is 11.7 Å². The number of para-hydroxylation sites is 1. The lowest BCUT2D eigenvalue weighted by molar-refractivity contribution is -0.384. The maximum atomic E-state index is 11.2. The first-order valence-corrected chi connectivity index (χ1v) is 9.06. The van der Waals surface area contributed by atoms with E-state index >= 15 is 0 Å². The molecule has 1 atom stereocenters. The Labute approximate surface area is 168 Å². The molecule has 1 aliphatic rings. The third-order valence-corrected chi connectivity index (χ3v) is 5.16. The van der Waals surface area contributed by atoms with E-state index in [9.17, 15) is 10.1 Å². The topological polar surface area (TPSA) is 70.4 Å². The van der Waals surface area contributed by atoms with Crippen LogP contribution < -0.4 is 10.6 Å². The molecule has 0 fully saturated rings. The first-order chi connectivity index (χ1) is 12.9. The summed E-state index contributed by atoms with van der Waals surface area (Å²) < 4.78 is 0. The summed E-state index contributed by atoms with van der Waals surface area (Å²) >= 11 is 11.1. The summed E-state index contributed by atoms with van der Waals surface area (Å²) in [5, 5.41) is 18.2. The van der Waals surface area contributed by atoms with Gasteiger partial charge in [-0.2, -0.15) is 0 Å². The lowest BCUT2D eigenvalue weighted by atomic mass is 9.94. The summed E-state index contributed by atoms with van der Waals surface area (Å²) in [6, 6.07) is 15.8. The van der Waals surface area contributed by atoms with Gasteiger partial charge in [0.15, 0.2) is 5.11 Å². The monoisotopic (exact) mass is 398 g/mol. The van der Waals surface area contributed by atoms with Crippen molar-refractivity contribution in [2.24, 2.45) is 0 Å². The van der Waals surface area contributed by atoms with E-state index in [0.29, 0.717) is 10.1 Å². The normalized spacial score (nSPS) is 16.7. The van der Waals surface area contributed by atoms with Crippen molar-refractivity contribution in [2.75, 3.05) is 12.4 Å². The quantitative estimate of drug-likeness (QED) is 0.455. The molecule has 0 unspecified atom stereocenters. The van der Waals surface area contributed by atoms with Crippen LogP contribution in [0.25, 0.3) is 0 Å². The van der Waals surface area contributed by atoms with Crippen LogP contribution in [0.4, 0.5) is 11.4 Å². The number of nitrogens with one attached hydrogen (secondary N) is 2. The molecule has 2 aromatic carbocycles. The highest BCUT2D eigenvalue weighted by Crippen LogP contribution is 2.32. The number of nitro groups is 1. The minimum absolute atomic E-state index is 0.0260. The van der Waals surface area contributed by atoms with Crippen molar-refractivity contribution >= 4 is 45.9 Å². The number of hydrogen-bond acceptors (Lipinski definition) is 4. The molecule has 1 aliphatic heterocycles. The van der Waals surface area contributed by atoms with Crippen LogP contribution in [-0.2, 0) is 0 Å². The second-order valence-electron chi connectivity index (χ2n) is 6.11. The minimum Gasteiger partial charge on any atom is -0.351 e. The van der Waals surface area contributed by atoms with Gasteiger partial charge in [-0.15, -0.1) is 0 Å². The highest BCUT2D eigenvalue weighted by molar-refractivity contribution is 7.81. The van der Waals surface area contributed by atoms with Crippen LogP contribution in [0.15, 0.2) is 65.9 Å². The lowest BCUT2D eigenvalue weighted by Crippen LogP contribution is -2.46. The van der Waals surface area contributed by atoms with Gasteiger partial charge in [-0.3, -0.25) is 10.1 Å². The van der Waals surface area contributed by atoms with Crippen molar-refractivity contribution in [3.8, 4) is 0 Å². The summed E-state index contributed by atoms with van der Waals surface area (Å²) in [6.07, 6.45) is 0. The van der Waals surface area contributed by atoms with Crippen molar-refractivity contribution in [3.63, 3.8) is 0 Å². The SMILES string of the molecule is CC1=C(C(=S)Nc2ccccc2)[C@@H](c2cccc([N+](=O)[O-])c2)NC(=S)N1C. The number of nitro benzene ring substituents is 1. The van der Waals surface area contributed by atoms with Crippen molar-refractivity contribution in [1.29, 1.82) is 0 Å². The second-order valence-corrected chi connectivity index (χ2v) is 6.91. The number of nitrogens with zero attached hydrogens (tertiary/aromatic N) is 2. The van der Waals surface area contributed by atoms with Crippen LogP contribution in [-0.4, -0.2) is 27.0 Å². The van der Waals surface area contributed by atoms with E-state index in [0.717, 1.165) is 22.5 Å². The average molecular weight is 399 g/mol. The molecule has 6 nitrogen and oxygen atoms in total. The molecule has 3 rings (SSSR count). The zero-order valence-electron chi connectivity index (χ0n) is 14.8. The summed E-state index contributed by atoms with van der Waals surface area (Å²) in [6.45, 7) is 1.94. The number of allylic oxidation sites excluding steroid dienone is 1. The lowest BCUT2D eigenvalue weighted by Gasteiger charge is -2.36. The van der Waals surface area contributed by atoms with Crippen molar-refractivity contribution in [2.45, 2.75) is 13.0 Å². The molecule has 0 amide bonds. The van der Waals surface area contributed by atoms with Gasteiger partial charge in [0.1, 0.15) is 4.99 Å². The Balaban J connectivity index is 2.03. The van der Waals surface area contributed by atoms with E-state index in [1.807, 2.05) is 55.3 Å². The van der Waals surface area contributed by atoms with Crippen LogP contribution >= 0.6 is 24.4 Å². The van der Waals surface area contributed by atoms with E-state index in [2.05, 4.69) is 10.6 Å². The van der Waals surface area contributed by atoms with Gasteiger partial charge in [0.25, 0.3) is 5.69 Å². The molecule has 0 aromatic heterocycles. The van der Waals surface area contributed by atoms with E-state index < -0.39 is 4.92 Å². The van der Waals surface area contributed by atoms with Gasteiger partial charge in [0.2, 0.25) is 0 Å². The fourth-order valence-corrected chi connectivity index (χ4v) is 3.56. The standard InChI is InChI=1S/C19H18N4O2S2/c1-12-16(18(26)20-14-8-4-3-5-9-14)17(21-19(27)22(12)2)13-7-6-10-15(11-13)23(24)25/h3-11,17H,1-2H3,(H,20,26)(H,21,27)/t17-/m1/s1. The average Bonchev–Trinajstić information content (AvgIpc) is 2.66. The predicted octanol–water partition coefficient (Wildman–Crippen LogP) is 4.17. The van der Waals surface area contributed by atoms with Gasteiger partial charge in [-0.05, 0) is 36.8 Å². The first-order valence-electron chi connectivity index (χ1n) is 8.24. The van der Waals surface area contributed by atoms with Crippen molar-refractivity contribution in [3.05, 3.63) is 81.5 Å². The third kappa shape index (κ3) is 3.96. The maximum absolute atomic E-state index is 11.2. The Hall–Kier alpha value is -2.84. The molecule has 1 heterocycles. The Kier molecular flexibility index (Phi) is 5.48. The van der Waals surface area contributed by atoms with Crippen LogP contribution in [0.2, 0.25) is 0 Å². The molecule has 0 saturated heterocycles. The number of thiocarbonyl (C=S) groups is 2. The molecule has 0 radical (unpaired) electrons. The molecule has 0 saturated carbocycles. The highest BCUT2D eigenvalue weighted by atomic mass is 32.1. The molecule has 0 bridgehead atoms. The van der Waals surface area contributed by atoms with Gasteiger partial charge in [0.05, 0.1) is 11.0 Å². The predicted molar refractivity (Wildman–Crippen MR) is 115 cm³/mol. The van der Waals surface area contributed by atoms with Crippen molar-refractivity contribution < 1.29 is 4.92 Å². The zero-order valence-corrected chi connectivity index (χ0v) is 16.4. The van der Waals surface area contributed by atoms with Crippen LogP contribution in [0.1, 0.15) is 18.5 Å². The minimum atomic E-state index is -0.409. The Morgan fingerprint density at radius 1 is 1.22 bits per heavy atom. The van der Waals surface area contributed by atoms with Crippen LogP contribution in [0.3, 0.4) is 0 Å². The summed E-state index contributed by atoms with van der Waals surface area (Å²) in [7, 11) is 1.86. The third-order valence-electron chi connectivity index (χ3n) is 4.44. The Morgan fingerprint density at radius 2 is 1.93 bits per heavy atom. The number of non-ortho nitro benzene ring substituents is 1. The maximum Gasteiger partial charge on any atom is 0.269 e. The Morgan fingerprint density at radius 3 is 2.59 bits per heavy atom. The fourth-order valence-electron chi connectivity index (χ4n) is 2.92. The number of anilines is 1. The molecule has 27 heavy (non-hydrogen) atoms. The Bertz CT molecular complexity index is 944. The zero-order chi connectivity index (χ0) is 19.6. The molecule has 2 N–H and O–H groups in total. The van der Waals surface area contributed by atoms with Gasteiger partial charge >= 0.3 is 0 Å². The largest absolute Gasteiger partial charge is 0.351 e. The molecule has 2 aromatic rings. The van der Waals surface area contributed by atoms with E-state index in [1.54, 1.807) is 12.1 Å². The number of rotatable bonds is 4. The molecule has 8 heteroatoms. The highest BCUT2D eigenvalue weighted by Gasteiger charge is 2.31.